The smallest absolute Gasteiger partial charge is 0.0990 e. The SMILES string of the molecule is CCNC1CC(OC2CC(C)OC(C)C2)C1OCC. The zero-order chi connectivity index (χ0) is 13.8. The van der Waals surface area contributed by atoms with Crippen LogP contribution in [0.5, 0.6) is 0 Å². The van der Waals surface area contributed by atoms with Crippen LogP contribution in [0, 0.1) is 0 Å². The summed E-state index contributed by atoms with van der Waals surface area (Å²) >= 11 is 0. The molecule has 0 aromatic carbocycles. The second-order valence-electron chi connectivity index (χ2n) is 5.85. The number of rotatable bonds is 6. The Labute approximate surface area is 117 Å². The topological polar surface area (TPSA) is 39.7 Å². The summed E-state index contributed by atoms with van der Waals surface area (Å²) in [4.78, 5) is 0. The quantitative estimate of drug-likeness (QED) is 0.803. The molecule has 0 aromatic heterocycles. The second kappa shape index (κ2) is 7.02. The molecule has 112 valence electrons. The number of ether oxygens (including phenoxy) is 3. The number of nitrogens with one attached hydrogen (secondary N) is 1. The van der Waals surface area contributed by atoms with Crippen LogP contribution in [0.3, 0.4) is 0 Å². The van der Waals surface area contributed by atoms with Crippen LogP contribution in [0.25, 0.3) is 0 Å². The van der Waals surface area contributed by atoms with E-state index in [4.69, 9.17) is 14.2 Å². The van der Waals surface area contributed by atoms with Crippen molar-refractivity contribution < 1.29 is 14.2 Å². The molecule has 1 N–H and O–H groups in total. The maximum absolute atomic E-state index is 6.26. The molecule has 1 aliphatic heterocycles. The molecule has 1 saturated carbocycles. The zero-order valence-electron chi connectivity index (χ0n) is 12.7. The zero-order valence-corrected chi connectivity index (χ0v) is 12.7. The summed E-state index contributed by atoms with van der Waals surface area (Å²) in [6.45, 7) is 10.2. The summed E-state index contributed by atoms with van der Waals surface area (Å²) in [5.41, 5.74) is 0. The lowest BCUT2D eigenvalue weighted by atomic mass is 9.84. The van der Waals surface area contributed by atoms with Gasteiger partial charge in [0.25, 0.3) is 0 Å². The highest BCUT2D eigenvalue weighted by molar-refractivity contribution is 4.98. The summed E-state index contributed by atoms with van der Waals surface area (Å²) in [6, 6.07) is 0.463. The van der Waals surface area contributed by atoms with Gasteiger partial charge in [0.2, 0.25) is 0 Å². The van der Waals surface area contributed by atoms with E-state index in [0.29, 0.717) is 24.4 Å². The van der Waals surface area contributed by atoms with Crippen molar-refractivity contribution in [2.45, 2.75) is 83.5 Å². The Morgan fingerprint density at radius 3 is 2.37 bits per heavy atom. The lowest BCUT2D eigenvalue weighted by molar-refractivity contribution is -0.192. The number of hydrogen-bond acceptors (Lipinski definition) is 4. The van der Waals surface area contributed by atoms with Gasteiger partial charge >= 0.3 is 0 Å². The molecule has 2 fully saturated rings. The Hall–Kier alpha value is -0.160. The fourth-order valence-corrected chi connectivity index (χ4v) is 3.30. The molecule has 0 spiro atoms. The minimum absolute atomic E-state index is 0.221. The Bertz CT molecular complexity index is 264. The third-order valence-corrected chi connectivity index (χ3v) is 4.10. The molecular formula is C15H29NO3. The van der Waals surface area contributed by atoms with E-state index in [2.05, 4.69) is 33.0 Å². The van der Waals surface area contributed by atoms with Crippen LogP contribution in [0.2, 0.25) is 0 Å². The standard InChI is InChI=1S/C15H29NO3/c1-5-16-13-9-14(15(13)17-6-2)19-12-7-10(3)18-11(4)8-12/h10-16H,5-9H2,1-4H3. The molecule has 0 radical (unpaired) electrons. The first-order valence-corrected chi connectivity index (χ1v) is 7.79. The van der Waals surface area contributed by atoms with E-state index in [9.17, 15) is 0 Å². The maximum Gasteiger partial charge on any atom is 0.0990 e. The van der Waals surface area contributed by atoms with Gasteiger partial charge in [0.1, 0.15) is 0 Å². The second-order valence-corrected chi connectivity index (χ2v) is 5.85. The summed E-state index contributed by atoms with van der Waals surface area (Å²) in [5, 5.41) is 3.47. The summed E-state index contributed by atoms with van der Waals surface area (Å²) in [5.74, 6) is 0. The van der Waals surface area contributed by atoms with Crippen LogP contribution >= 0.6 is 0 Å². The average molecular weight is 271 g/mol. The van der Waals surface area contributed by atoms with E-state index in [1.54, 1.807) is 0 Å². The van der Waals surface area contributed by atoms with Crippen molar-refractivity contribution in [3.63, 3.8) is 0 Å². The van der Waals surface area contributed by atoms with E-state index in [1.165, 1.54) is 0 Å². The molecule has 0 amide bonds. The van der Waals surface area contributed by atoms with Crippen molar-refractivity contribution in [2.75, 3.05) is 13.2 Å². The molecule has 4 nitrogen and oxygen atoms in total. The molecular weight excluding hydrogens is 242 g/mol. The van der Waals surface area contributed by atoms with Crippen LogP contribution in [0.15, 0.2) is 0 Å². The summed E-state index contributed by atoms with van der Waals surface area (Å²) in [7, 11) is 0. The normalized spacial score (nSPS) is 42.9. The minimum atomic E-state index is 0.221. The van der Waals surface area contributed by atoms with Crippen LogP contribution < -0.4 is 5.32 Å². The van der Waals surface area contributed by atoms with Gasteiger partial charge in [-0.25, -0.2) is 0 Å². The molecule has 1 aliphatic carbocycles. The van der Waals surface area contributed by atoms with Gasteiger partial charge < -0.3 is 19.5 Å². The van der Waals surface area contributed by atoms with Gasteiger partial charge in [0.15, 0.2) is 0 Å². The summed E-state index contributed by atoms with van der Waals surface area (Å²) < 4.78 is 17.9. The molecule has 0 bridgehead atoms. The van der Waals surface area contributed by atoms with Crippen molar-refractivity contribution in [2.24, 2.45) is 0 Å². The monoisotopic (exact) mass is 271 g/mol. The Morgan fingerprint density at radius 2 is 1.79 bits per heavy atom. The van der Waals surface area contributed by atoms with Crippen molar-refractivity contribution in [1.82, 2.24) is 5.32 Å². The molecule has 19 heavy (non-hydrogen) atoms. The van der Waals surface area contributed by atoms with E-state index in [0.717, 1.165) is 32.4 Å². The van der Waals surface area contributed by atoms with Gasteiger partial charge in [-0.15, -0.1) is 0 Å². The van der Waals surface area contributed by atoms with Crippen molar-refractivity contribution in [3.8, 4) is 0 Å². The first kappa shape index (κ1) is 15.2. The fraction of sp³-hybridized carbons (Fsp3) is 1.00. The predicted molar refractivity (Wildman–Crippen MR) is 75.4 cm³/mol. The van der Waals surface area contributed by atoms with Crippen LogP contribution in [-0.4, -0.2) is 49.7 Å². The first-order valence-electron chi connectivity index (χ1n) is 7.79. The molecule has 0 aromatic rings. The molecule has 1 saturated heterocycles. The average Bonchev–Trinajstić information content (AvgIpc) is 2.33. The molecule has 2 aliphatic rings. The fourth-order valence-electron chi connectivity index (χ4n) is 3.30. The van der Waals surface area contributed by atoms with Crippen LogP contribution in [0.4, 0.5) is 0 Å². The van der Waals surface area contributed by atoms with E-state index < -0.39 is 0 Å². The van der Waals surface area contributed by atoms with Gasteiger partial charge in [0, 0.05) is 12.6 Å². The number of hydrogen-bond donors (Lipinski definition) is 1. The third kappa shape index (κ3) is 3.91. The predicted octanol–water partition coefficient (Wildman–Crippen LogP) is 2.11. The molecule has 1 heterocycles. The summed E-state index contributed by atoms with van der Waals surface area (Å²) in [6.07, 6.45) is 4.50. The lowest BCUT2D eigenvalue weighted by Crippen LogP contribution is -2.61. The highest BCUT2D eigenvalue weighted by Crippen LogP contribution is 2.32. The molecule has 5 atom stereocenters. The largest absolute Gasteiger partial charge is 0.375 e. The van der Waals surface area contributed by atoms with E-state index in [-0.39, 0.29) is 12.2 Å². The number of likely N-dealkylation sites (N-methyl/N-ethyl adjacent to an activating group) is 1. The Morgan fingerprint density at radius 1 is 1.11 bits per heavy atom. The Balaban J connectivity index is 1.81. The van der Waals surface area contributed by atoms with Gasteiger partial charge in [-0.2, -0.15) is 0 Å². The minimum Gasteiger partial charge on any atom is -0.375 e. The van der Waals surface area contributed by atoms with Gasteiger partial charge in [0.05, 0.1) is 30.5 Å². The third-order valence-electron chi connectivity index (χ3n) is 4.10. The first-order chi connectivity index (χ1) is 9.13. The van der Waals surface area contributed by atoms with Crippen molar-refractivity contribution in [3.05, 3.63) is 0 Å². The van der Waals surface area contributed by atoms with E-state index >= 15 is 0 Å². The molecule has 2 rings (SSSR count). The van der Waals surface area contributed by atoms with E-state index in [1.807, 2.05) is 0 Å². The Kier molecular flexibility index (Phi) is 5.63. The van der Waals surface area contributed by atoms with Gasteiger partial charge in [-0.3, -0.25) is 0 Å². The van der Waals surface area contributed by atoms with Crippen molar-refractivity contribution >= 4 is 0 Å². The highest BCUT2D eigenvalue weighted by Gasteiger charge is 2.44. The maximum atomic E-state index is 6.26. The van der Waals surface area contributed by atoms with Crippen molar-refractivity contribution in [1.29, 1.82) is 0 Å². The molecule has 5 unspecified atom stereocenters. The lowest BCUT2D eigenvalue weighted by Gasteiger charge is -2.46. The highest BCUT2D eigenvalue weighted by atomic mass is 16.6. The molecule has 4 heteroatoms. The van der Waals surface area contributed by atoms with Gasteiger partial charge in [-0.1, -0.05) is 6.92 Å². The van der Waals surface area contributed by atoms with Crippen LogP contribution in [-0.2, 0) is 14.2 Å². The van der Waals surface area contributed by atoms with Crippen LogP contribution in [0.1, 0.15) is 47.0 Å². The van der Waals surface area contributed by atoms with Gasteiger partial charge in [-0.05, 0) is 46.6 Å².